The average molecular weight is 359 g/mol. The highest BCUT2D eigenvalue weighted by molar-refractivity contribution is 7.21. The molecule has 0 fully saturated rings. The Bertz CT molecular complexity index is 920. The van der Waals surface area contributed by atoms with Crippen LogP contribution < -0.4 is 10.9 Å². The molecule has 1 heterocycles. The second-order valence-electron chi connectivity index (χ2n) is 5.35. The predicted octanol–water partition coefficient (Wildman–Crippen LogP) is 3.87. The van der Waals surface area contributed by atoms with Crippen LogP contribution in [0.2, 0.25) is 5.02 Å². The molecule has 3 rings (SSSR count). The van der Waals surface area contributed by atoms with E-state index in [2.05, 4.69) is 10.9 Å². The lowest BCUT2D eigenvalue weighted by Crippen LogP contribution is -2.42. The SMILES string of the molecule is Cc1ccccc1CC(=O)NNC(=O)c1sc2ccccc2c1Cl. The molecule has 0 unspecified atom stereocenters. The van der Waals surface area contributed by atoms with E-state index in [1.54, 1.807) is 0 Å². The normalized spacial score (nSPS) is 10.6. The summed E-state index contributed by atoms with van der Waals surface area (Å²) in [6.45, 7) is 1.94. The molecule has 1 aromatic heterocycles. The summed E-state index contributed by atoms with van der Waals surface area (Å²) in [5.41, 5.74) is 6.82. The number of hydrogen-bond acceptors (Lipinski definition) is 3. The van der Waals surface area contributed by atoms with E-state index >= 15 is 0 Å². The van der Waals surface area contributed by atoms with Crippen molar-refractivity contribution in [1.29, 1.82) is 0 Å². The number of halogens is 1. The van der Waals surface area contributed by atoms with Crippen LogP contribution in [0.5, 0.6) is 0 Å². The van der Waals surface area contributed by atoms with Gasteiger partial charge >= 0.3 is 0 Å². The first-order chi connectivity index (χ1) is 11.6. The molecule has 0 saturated heterocycles. The van der Waals surface area contributed by atoms with Crippen LogP contribution in [-0.4, -0.2) is 11.8 Å². The Hall–Kier alpha value is -2.37. The minimum absolute atomic E-state index is 0.201. The van der Waals surface area contributed by atoms with Crippen molar-refractivity contribution in [3.8, 4) is 0 Å². The standard InChI is InChI=1S/C18H15ClN2O2S/c1-11-6-2-3-7-12(11)10-15(22)20-21-18(23)17-16(19)13-8-4-5-9-14(13)24-17/h2-9H,10H2,1H3,(H,20,22)(H,21,23). The fourth-order valence-electron chi connectivity index (χ4n) is 2.37. The molecule has 2 N–H and O–H groups in total. The van der Waals surface area contributed by atoms with Gasteiger partial charge in [0, 0.05) is 10.1 Å². The molecule has 4 nitrogen and oxygen atoms in total. The van der Waals surface area contributed by atoms with Crippen LogP contribution in [0.3, 0.4) is 0 Å². The summed E-state index contributed by atoms with van der Waals surface area (Å²) in [6, 6.07) is 15.2. The molecule has 2 aromatic carbocycles. The zero-order valence-corrected chi connectivity index (χ0v) is 14.5. The Morgan fingerprint density at radius 1 is 1.04 bits per heavy atom. The van der Waals surface area contributed by atoms with E-state index in [4.69, 9.17) is 11.6 Å². The second-order valence-corrected chi connectivity index (χ2v) is 6.78. The minimum atomic E-state index is -0.417. The van der Waals surface area contributed by atoms with Crippen LogP contribution in [0, 0.1) is 6.92 Å². The molecular formula is C18H15ClN2O2S. The van der Waals surface area contributed by atoms with Gasteiger partial charge in [-0.15, -0.1) is 11.3 Å². The van der Waals surface area contributed by atoms with Gasteiger partial charge in [-0.25, -0.2) is 0 Å². The molecule has 0 aliphatic heterocycles. The number of carbonyl (C=O) groups excluding carboxylic acids is 2. The quantitative estimate of drug-likeness (QED) is 0.698. The van der Waals surface area contributed by atoms with Crippen LogP contribution >= 0.6 is 22.9 Å². The highest BCUT2D eigenvalue weighted by atomic mass is 35.5. The third kappa shape index (κ3) is 3.42. The molecule has 6 heteroatoms. The number of hydrogen-bond donors (Lipinski definition) is 2. The maximum atomic E-state index is 12.3. The number of fused-ring (bicyclic) bond motifs is 1. The number of amides is 2. The molecule has 0 saturated carbocycles. The second kappa shape index (κ2) is 7.03. The molecule has 0 atom stereocenters. The van der Waals surface area contributed by atoms with E-state index in [0.29, 0.717) is 9.90 Å². The highest BCUT2D eigenvalue weighted by Crippen LogP contribution is 2.34. The van der Waals surface area contributed by atoms with Gasteiger partial charge in [-0.05, 0) is 24.1 Å². The van der Waals surface area contributed by atoms with Gasteiger partial charge in [-0.2, -0.15) is 0 Å². The first kappa shape index (κ1) is 16.5. The maximum Gasteiger partial charge on any atom is 0.281 e. The van der Waals surface area contributed by atoms with Crippen molar-refractivity contribution in [1.82, 2.24) is 10.9 Å². The molecule has 122 valence electrons. The van der Waals surface area contributed by atoms with Gasteiger partial charge in [0.15, 0.2) is 0 Å². The molecule has 0 bridgehead atoms. The van der Waals surface area contributed by atoms with Crippen LogP contribution in [0.1, 0.15) is 20.8 Å². The Labute approximate surface area is 148 Å². The van der Waals surface area contributed by atoms with Gasteiger partial charge < -0.3 is 0 Å². The lowest BCUT2D eigenvalue weighted by molar-refractivity contribution is -0.121. The van der Waals surface area contributed by atoms with Crippen LogP contribution in [-0.2, 0) is 11.2 Å². The molecule has 3 aromatic rings. The van der Waals surface area contributed by atoms with Gasteiger partial charge in [0.05, 0.1) is 11.4 Å². The summed E-state index contributed by atoms with van der Waals surface area (Å²) in [4.78, 5) is 24.6. The molecular weight excluding hydrogens is 344 g/mol. The van der Waals surface area contributed by atoms with Crippen molar-refractivity contribution < 1.29 is 9.59 Å². The fourth-order valence-corrected chi connectivity index (χ4v) is 3.78. The summed E-state index contributed by atoms with van der Waals surface area (Å²) in [6.07, 6.45) is 0.201. The third-order valence-corrected chi connectivity index (χ3v) is 5.34. The molecule has 2 amide bonds. The number of nitrogens with one attached hydrogen (secondary N) is 2. The van der Waals surface area contributed by atoms with Crippen LogP contribution in [0.15, 0.2) is 48.5 Å². The van der Waals surface area contributed by atoms with Crippen molar-refractivity contribution in [3.63, 3.8) is 0 Å². The van der Waals surface area contributed by atoms with Crippen LogP contribution in [0.25, 0.3) is 10.1 Å². The number of rotatable bonds is 3. The lowest BCUT2D eigenvalue weighted by Gasteiger charge is -2.08. The van der Waals surface area contributed by atoms with Crippen LogP contribution in [0.4, 0.5) is 0 Å². The van der Waals surface area contributed by atoms with E-state index < -0.39 is 5.91 Å². The number of aryl methyl sites for hydroxylation is 1. The highest BCUT2D eigenvalue weighted by Gasteiger charge is 2.17. The van der Waals surface area contributed by atoms with E-state index in [1.165, 1.54) is 11.3 Å². The fraction of sp³-hybridized carbons (Fsp3) is 0.111. The molecule has 0 aliphatic rings. The zero-order chi connectivity index (χ0) is 17.1. The molecule has 24 heavy (non-hydrogen) atoms. The number of carbonyl (C=O) groups is 2. The van der Waals surface area contributed by atoms with Gasteiger partial charge in [0.1, 0.15) is 4.88 Å². The van der Waals surface area contributed by atoms with E-state index in [1.807, 2.05) is 55.5 Å². The van der Waals surface area contributed by atoms with Crippen molar-refractivity contribution in [2.24, 2.45) is 0 Å². The Balaban J connectivity index is 1.65. The van der Waals surface area contributed by atoms with E-state index in [-0.39, 0.29) is 12.3 Å². The van der Waals surface area contributed by atoms with Gasteiger partial charge in [0.2, 0.25) is 5.91 Å². The topological polar surface area (TPSA) is 58.2 Å². The van der Waals surface area contributed by atoms with Crippen molar-refractivity contribution in [3.05, 3.63) is 69.6 Å². The minimum Gasteiger partial charge on any atom is -0.273 e. The van der Waals surface area contributed by atoms with E-state index in [9.17, 15) is 9.59 Å². The summed E-state index contributed by atoms with van der Waals surface area (Å²) >= 11 is 7.55. The monoisotopic (exact) mass is 358 g/mol. The Morgan fingerprint density at radius 3 is 2.50 bits per heavy atom. The molecule has 0 spiro atoms. The van der Waals surface area contributed by atoms with Gasteiger partial charge in [-0.3, -0.25) is 20.4 Å². The largest absolute Gasteiger partial charge is 0.281 e. The Morgan fingerprint density at radius 2 is 1.75 bits per heavy atom. The predicted molar refractivity (Wildman–Crippen MR) is 97.3 cm³/mol. The van der Waals surface area contributed by atoms with Gasteiger partial charge in [-0.1, -0.05) is 54.1 Å². The smallest absolute Gasteiger partial charge is 0.273 e. The van der Waals surface area contributed by atoms with E-state index in [0.717, 1.165) is 21.2 Å². The summed E-state index contributed by atoms with van der Waals surface area (Å²) in [5, 5.41) is 1.24. The lowest BCUT2D eigenvalue weighted by atomic mass is 10.1. The van der Waals surface area contributed by atoms with Crippen molar-refractivity contribution >= 4 is 44.8 Å². The Kier molecular flexibility index (Phi) is 4.83. The number of hydrazine groups is 1. The zero-order valence-electron chi connectivity index (χ0n) is 12.9. The van der Waals surface area contributed by atoms with Crippen molar-refractivity contribution in [2.75, 3.05) is 0 Å². The number of thiophene rings is 1. The average Bonchev–Trinajstić information content (AvgIpc) is 2.92. The first-order valence-corrected chi connectivity index (χ1v) is 8.56. The third-order valence-electron chi connectivity index (χ3n) is 3.67. The summed E-state index contributed by atoms with van der Waals surface area (Å²) in [7, 11) is 0. The van der Waals surface area contributed by atoms with Crippen molar-refractivity contribution in [2.45, 2.75) is 13.3 Å². The maximum absolute atomic E-state index is 12.3. The summed E-state index contributed by atoms with van der Waals surface area (Å²) < 4.78 is 0.930. The molecule has 0 aliphatic carbocycles. The van der Waals surface area contributed by atoms with Gasteiger partial charge in [0.25, 0.3) is 5.91 Å². The first-order valence-electron chi connectivity index (χ1n) is 7.37. The molecule has 0 radical (unpaired) electrons. The number of benzene rings is 2. The summed E-state index contributed by atoms with van der Waals surface area (Å²) in [5.74, 6) is -0.700.